The SMILES string of the molecule is CN(Cc1ccccc1)C(=O)COC(=O)c1cc(-c2ccc(Br)cc2)n[nH]1. The van der Waals surface area contributed by atoms with E-state index < -0.39 is 5.97 Å². The Labute approximate surface area is 165 Å². The molecule has 7 heteroatoms. The molecule has 0 fully saturated rings. The number of ether oxygens (including phenoxy) is 1. The number of H-pyrrole nitrogens is 1. The molecule has 1 amide bonds. The number of nitrogens with one attached hydrogen (secondary N) is 1. The topological polar surface area (TPSA) is 75.3 Å². The van der Waals surface area contributed by atoms with Crippen molar-refractivity contribution in [3.63, 3.8) is 0 Å². The fraction of sp³-hybridized carbons (Fsp3) is 0.150. The van der Waals surface area contributed by atoms with Gasteiger partial charge in [0.05, 0.1) is 5.69 Å². The van der Waals surface area contributed by atoms with E-state index in [1.54, 1.807) is 13.1 Å². The Bertz CT molecular complexity index is 923. The van der Waals surface area contributed by atoms with Crippen LogP contribution in [0.3, 0.4) is 0 Å². The third-order valence-corrected chi connectivity index (χ3v) is 4.48. The van der Waals surface area contributed by atoms with Gasteiger partial charge in [-0.25, -0.2) is 4.79 Å². The van der Waals surface area contributed by atoms with Gasteiger partial charge in [0.15, 0.2) is 6.61 Å². The third-order valence-electron chi connectivity index (χ3n) is 3.95. The Hall–Kier alpha value is -2.93. The number of hydrogen-bond donors (Lipinski definition) is 1. The summed E-state index contributed by atoms with van der Waals surface area (Å²) in [4.78, 5) is 25.8. The van der Waals surface area contributed by atoms with Gasteiger partial charge in [-0.3, -0.25) is 9.89 Å². The number of nitrogens with zero attached hydrogens (tertiary/aromatic N) is 2. The molecule has 0 radical (unpaired) electrons. The predicted octanol–water partition coefficient (Wildman–Crippen LogP) is 3.65. The second kappa shape index (κ2) is 8.64. The Morgan fingerprint density at radius 3 is 2.52 bits per heavy atom. The molecule has 0 atom stereocenters. The standard InChI is InChI=1S/C20H18BrN3O3/c1-24(12-14-5-3-2-4-6-14)19(25)13-27-20(26)18-11-17(22-23-18)15-7-9-16(21)10-8-15/h2-11H,12-13H2,1H3,(H,22,23). The van der Waals surface area contributed by atoms with E-state index in [2.05, 4.69) is 26.1 Å². The largest absolute Gasteiger partial charge is 0.451 e. The summed E-state index contributed by atoms with van der Waals surface area (Å²) in [5.41, 5.74) is 2.70. The van der Waals surface area contributed by atoms with Gasteiger partial charge in [-0.2, -0.15) is 5.10 Å². The lowest BCUT2D eigenvalue weighted by Crippen LogP contribution is -2.30. The maximum Gasteiger partial charge on any atom is 0.356 e. The summed E-state index contributed by atoms with van der Waals surface area (Å²) in [6.07, 6.45) is 0. The Kier molecular flexibility index (Phi) is 6.03. The molecule has 0 saturated heterocycles. The maximum atomic E-state index is 12.2. The smallest absolute Gasteiger partial charge is 0.356 e. The summed E-state index contributed by atoms with van der Waals surface area (Å²) in [5.74, 6) is -0.896. The van der Waals surface area contributed by atoms with Gasteiger partial charge in [-0.05, 0) is 23.8 Å². The first-order valence-corrected chi connectivity index (χ1v) is 9.08. The van der Waals surface area contributed by atoms with Crippen LogP contribution in [0.15, 0.2) is 65.1 Å². The fourth-order valence-electron chi connectivity index (χ4n) is 2.46. The minimum absolute atomic E-state index is 0.200. The van der Waals surface area contributed by atoms with Crippen molar-refractivity contribution in [2.24, 2.45) is 0 Å². The molecule has 0 aliphatic rings. The summed E-state index contributed by atoms with van der Waals surface area (Å²) in [6.45, 7) is 0.129. The molecule has 1 N–H and O–H groups in total. The van der Waals surface area contributed by atoms with Crippen LogP contribution in [-0.2, 0) is 16.1 Å². The number of rotatable bonds is 6. The van der Waals surface area contributed by atoms with Crippen LogP contribution >= 0.6 is 15.9 Å². The first-order valence-electron chi connectivity index (χ1n) is 8.29. The lowest BCUT2D eigenvalue weighted by atomic mass is 10.1. The quantitative estimate of drug-likeness (QED) is 0.609. The van der Waals surface area contributed by atoms with Crippen LogP contribution in [0.1, 0.15) is 16.1 Å². The molecule has 1 aromatic heterocycles. The van der Waals surface area contributed by atoms with Crippen LogP contribution < -0.4 is 0 Å². The number of likely N-dealkylation sites (N-methyl/N-ethyl adjacent to an activating group) is 1. The Morgan fingerprint density at radius 2 is 1.81 bits per heavy atom. The first kappa shape index (κ1) is 18.8. The van der Waals surface area contributed by atoms with Crippen molar-refractivity contribution in [3.8, 4) is 11.3 Å². The van der Waals surface area contributed by atoms with Crippen LogP contribution in [0.25, 0.3) is 11.3 Å². The van der Waals surface area contributed by atoms with E-state index in [0.717, 1.165) is 15.6 Å². The minimum Gasteiger partial charge on any atom is -0.451 e. The summed E-state index contributed by atoms with van der Waals surface area (Å²) in [7, 11) is 1.67. The second-order valence-corrected chi connectivity index (χ2v) is 6.90. The number of aromatic nitrogens is 2. The van der Waals surface area contributed by atoms with Gasteiger partial charge in [-0.1, -0.05) is 58.4 Å². The van der Waals surface area contributed by atoms with Crippen LogP contribution in [-0.4, -0.2) is 40.6 Å². The molecule has 3 aromatic rings. The highest BCUT2D eigenvalue weighted by Gasteiger charge is 2.16. The lowest BCUT2D eigenvalue weighted by Gasteiger charge is -2.17. The van der Waals surface area contributed by atoms with Gasteiger partial charge in [-0.15, -0.1) is 0 Å². The molecule has 0 spiro atoms. The number of amides is 1. The molecule has 27 heavy (non-hydrogen) atoms. The summed E-state index contributed by atoms with van der Waals surface area (Å²) < 4.78 is 6.07. The number of hydrogen-bond acceptors (Lipinski definition) is 4. The normalized spacial score (nSPS) is 10.4. The van der Waals surface area contributed by atoms with E-state index >= 15 is 0 Å². The van der Waals surface area contributed by atoms with Crippen molar-refractivity contribution in [2.75, 3.05) is 13.7 Å². The molecule has 1 heterocycles. The second-order valence-electron chi connectivity index (χ2n) is 5.99. The van der Waals surface area contributed by atoms with Gasteiger partial charge in [0, 0.05) is 23.6 Å². The fourth-order valence-corrected chi connectivity index (χ4v) is 2.72. The summed E-state index contributed by atoms with van der Waals surface area (Å²) in [6, 6.07) is 18.8. The van der Waals surface area contributed by atoms with Crippen LogP contribution in [0.5, 0.6) is 0 Å². The highest BCUT2D eigenvalue weighted by atomic mass is 79.9. The van der Waals surface area contributed by atoms with Gasteiger partial charge in [0.2, 0.25) is 0 Å². The van der Waals surface area contributed by atoms with Crippen molar-refractivity contribution >= 4 is 27.8 Å². The highest BCUT2D eigenvalue weighted by Crippen LogP contribution is 2.20. The van der Waals surface area contributed by atoms with E-state index in [0.29, 0.717) is 12.2 Å². The number of halogens is 1. The van der Waals surface area contributed by atoms with Crippen molar-refractivity contribution in [1.82, 2.24) is 15.1 Å². The maximum absolute atomic E-state index is 12.2. The van der Waals surface area contributed by atoms with Crippen molar-refractivity contribution in [2.45, 2.75) is 6.54 Å². The number of esters is 1. The molecule has 2 aromatic carbocycles. The average molecular weight is 428 g/mol. The molecule has 0 saturated carbocycles. The van der Waals surface area contributed by atoms with Gasteiger partial charge >= 0.3 is 5.97 Å². The van der Waals surface area contributed by atoms with E-state index in [4.69, 9.17) is 4.74 Å². The van der Waals surface area contributed by atoms with E-state index in [1.165, 1.54) is 4.90 Å². The minimum atomic E-state index is -0.618. The van der Waals surface area contributed by atoms with E-state index in [1.807, 2.05) is 54.6 Å². The zero-order chi connectivity index (χ0) is 19.2. The number of benzene rings is 2. The molecule has 3 rings (SSSR count). The third kappa shape index (κ3) is 5.04. The van der Waals surface area contributed by atoms with Crippen molar-refractivity contribution in [3.05, 3.63) is 76.4 Å². The van der Waals surface area contributed by atoms with Crippen LogP contribution in [0.4, 0.5) is 0 Å². The molecule has 6 nitrogen and oxygen atoms in total. The van der Waals surface area contributed by atoms with Crippen molar-refractivity contribution < 1.29 is 14.3 Å². The Morgan fingerprint density at radius 1 is 1.11 bits per heavy atom. The van der Waals surface area contributed by atoms with E-state index in [-0.39, 0.29) is 18.2 Å². The zero-order valence-corrected chi connectivity index (χ0v) is 16.3. The van der Waals surface area contributed by atoms with Gasteiger partial charge in [0.1, 0.15) is 5.69 Å². The first-order chi connectivity index (χ1) is 13.0. The highest BCUT2D eigenvalue weighted by molar-refractivity contribution is 9.10. The molecular formula is C20H18BrN3O3. The number of carbonyl (C=O) groups is 2. The van der Waals surface area contributed by atoms with Crippen LogP contribution in [0.2, 0.25) is 0 Å². The van der Waals surface area contributed by atoms with Gasteiger partial charge < -0.3 is 9.64 Å². The van der Waals surface area contributed by atoms with E-state index in [9.17, 15) is 9.59 Å². The lowest BCUT2D eigenvalue weighted by molar-refractivity contribution is -0.133. The summed E-state index contributed by atoms with van der Waals surface area (Å²) >= 11 is 3.37. The molecule has 0 unspecified atom stereocenters. The van der Waals surface area contributed by atoms with Gasteiger partial charge in [0.25, 0.3) is 5.91 Å². The van der Waals surface area contributed by atoms with Crippen LogP contribution in [0, 0.1) is 0 Å². The number of aromatic amines is 1. The molecule has 0 aliphatic heterocycles. The molecular weight excluding hydrogens is 410 g/mol. The zero-order valence-electron chi connectivity index (χ0n) is 14.7. The molecule has 0 aliphatic carbocycles. The number of carbonyl (C=O) groups excluding carboxylic acids is 2. The molecule has 138 valence electrons. The molecule has 0 bridgehead atoms. The monoisotopic (exact) mass is 427 g/mol. The van der Waals surface area contributed by atoms with Crippen molar-refractivity contribution in [1.29, 1.82) is 0 Å². The average Bonchev–Trinajstić information content (AvgIpc) is 3.17. The summed E-state index contributed by atoms with van der Waals surface area (Å²) in [5, 5.41) is 6.77. The predicted molar refractivity (Wildman–Crippen MR) is 105 cm³/mol. The Balaban J connectivity index is 1.54.